The highest BCUT2D eigenvalue weighted by Gasteiger charge is 2.22. The molecule has 1 fully saturated rings. The summed E-state index contributed by atoms with van der Waals surface area (Å²) in [5, 5.41) is 25.1. The number of nitrogens with zero attached hydrogens (tertiary/aromatic N) is 6. The van der Waals surface area contributed by atoms with Gasteiger partial charge in [-0.1, -0.05) is 12.1 Å². The number of amides is 1. The second-order valence-electron chi connectivity index (χ2n) is 7.62. The number of anilines is 2. The van der Waals surface area contributed by atoms with E-state index in [1.807, 2.05) is 0 Å². The number of nitro groups is 1. The molecular formula is C20H24N8O3. The summed E-state index contributed by atoms with van der Waals surface area (Å²) in [5.41, 5.74) is 2.27. The van der Waals surface area contributed by atoms with Gasteiger partial charge in [0.1, 0.15) is 11.4 Å². The number of carbonyl (C=O) groups excluding carboxylic acids is 1. The van der Waals surface area contributed by atoms with Crippen molar-refractivity contribution in [3.63, 3.8) is 0 Å². The Balaban J connectivity index is 1.40. The van der Waals surface area contributed by atoms with Crippen LogP contribution < -0.4 is 10.2 Å². The van der Waals surface area contributed by atoms with Crippen LogP contribution in [0, 0.1) is 24.0 Å². The van der Waals surface area contributed by atoms with Crippen LogP contribution in [0.5, 0.6) is 0 Å². The summed E-state index contributed by atoms with van der Waals surface area (Å²) >= 11 is 0. The maximum Gasteiger partial charge on any atom is 0.312 e. The van der Waals surface area contributed by atoms with Crippen LogP contribution in [0.25, 0.3) is 0 Å². The number of aromatic nitrogens is 5. The number of nitrogens with one attached hydrogen (secondary N) is 2. The van der Waals surface area contributed by atoms with Gasteiger partial charge in [0.25, 0.3) is 5.91 Å². The molecule has 1 amide bonds. The van der Waals surface area contributed by atoms with E-state index in [1.54, 1.807) is 42.8 Å². The van der Waals surface area contributed by atoms with E-state index in [1.165, 1.54) is 6.42 Å². The minimum atomic E-state index is -0.415. The van der Waals surface area contributed by atoms with Crippen molar-refractivity contribution < 1.29 is 9.72 Å². The number of aryl methyl sites for hydroxylation is 1. The SMILES string of the molecule is Cc1nn(Cc2ccc(C(=O)Nc3nc(N4CCCCC4)n[nH]3)cc2)c(C)c1[N+](=O)[O-]. The molecule has 31 heavy (non-hydrogen) atoms. The highest BCUT2D eigenvalue weighted by molar-refractivity contribution is 6.03. The first-order valence-corrected chi connectivity index (χ1v) is 10.2. The molecule has 11 nitrogen and oxygen atoms in total. The lowest BCUT2D eigenvalue weighted by atomic mass is 10.1. The van der Waals surface area contributed by atoms with Gasteiger partial charge >= 0.3 is 5.69 Å². The van der Waals surface area contributed by atoms with E-state index in [0.717, 1.165) is 31.5 Å². The molecule has 3 aromatic rings. The third kappa shape index (κ3) is 4.39. The fourth-order valence-corrected chi connectivity index (χ4v) is 3.76. The van der Waals surface area contributed by atoms with Crippen LogP contribution in [-0.4, -0.2) is 48.9 Å². The molecule has 1 aliphatic rings. The maximum absolute atomic E-state index is 12.5. The summed E-state index contributed by atoms with van der Waals surface area (Å²) in [6.45, 7) is 5.52. The van der Waals surface area contributed by atoms with Gasteiger partial charge in [-0.3, -0.25) is 24.9 Å². The summed E-state index contributed by atoms with van der Waals surface area (Å²) in [7, 11) is 0. The lowest BCUT2D eigenvalue weighted by Crippen LogP contribution is -2.30. The highest BCUT2D eigenvalue weighted by Crippen LogP contribution is 2.23. The van der Waals surface area contributed by atoms with Crippen molar-refractivity contribution in [3.8, 4) is 0 Å². The van der Waals surface area contributed by atoms with Gasteiger partial charge in [0.05, 0.1) is 11.5 Å². The molecule has 2 N–H and O–H groups in total. The summed E-state index contributed by atoms with van der Waals surface area (Å²) in [6.07, 6.45) is 3.46. The van der Waals surface area contributed by atoms with Gasteiger partial charge in [-0.15, -0.1) is 5.10 Å². The van der Waals surface area contributed by atoms with E-state index in [-0.39, 0.29) is 11.6 Å². The molecule has 162 valence electrons. The van der Waals surface area contributed by atoms with Gasteiger partial charge < -0.3 is 4.90 Å². The second kappa shape index (κ2) is 8.54. The molecule has 0 bridgehead atoms. The molecule has 0 radical (unpaired) electrons. The van der Waals surface area contributed by atoms with Gasteiger partial charge in [-0.05, 0) is 50.8 Å². The Kier molecular flexibility index (Phi) is 5.65. The number of carbonyl (C=O) groups is 1. The topological polar surface area (TPSA) is 135 Å². The number of H-pyrrole nitrogens is 1. The first-order valence-electron chi connectivity index (χ1n) is 10.2. The van der Waals surface area contributed by atoms with Crippen LogP contribution in [0.2, 0.25) is 0 Å². The average Bonchev–Trinajstić information content (AvgIpc) is 3.33. The van der Waals surface area contributed by atoms with Crippen molar-refractivity contribution >= 4 is 23.5 Å². The number of hydrogen-bond acceptors (Lipinski definition) is 7. The van der Waals surface area contributed by atoms with Crippen LogP contribution in [0.4, 0.5) is 17.6 Å². The minimum Gasteiger partial charge on any atom is -0.340 e. The molecule has 4 rings (SSSR count). The minimum absolute atomic E-state index is 0.0342. The zero-order chi connectivity index (χ0) is 22.0. The van der Waals surface area contributed by atoms with Gasteiger partial charge in [0.15, 0.2) is 0 Å². The van der Waals surface area contributed by atoms with Gasteiger partial charge in [-0.25, -0.2) is 5.10 Å². The van der Waals surface area contributed by atoms with Gasteiger partial charge in [0.2, 0.25) is 11.9 Å². The smallest absolute Gasteiger partial charge is 0.312 e. The van der Waals surface area contributed by atoms with Crippen LogP contribution in [-0.2, 0) is 6.54 Å². The average molecular weight is 424 g/mol. The Bertz CT molecular complexity index is 1100. The molecule has 0 atom stereocenters. The Morgan fingerprint density at radius 3 is 2.55 bits per heavy atom. The normalized spacial score (nSPS) is 13.9. The predicted molar refractivity (Wildman–Crippen MR) is 114 cm³/mol. The Hall–Kier alpha value is -3.76. The van der Waals surface area contributed by atoms with Crippen molar-refractivity contribution in [2.45, 2.75) is 39.7 Å². The molecule has 0 saturated carbocycles. The van der Waals surface area contributed by atoms with Gasteiger partial charge in [0, 0.05) is 18.7 Å². The Morgan fingerprint density at radius 2 is 1.90 bits per heavy atom. The molecule has 0 spiro atoms. The number of piperidine rings is 1. The first kappa shape index (κ1) is 20.5. The third-order valence-electron chi connectivity index (χ3n) is 5.42. The van der Waals surface area contributed by atoms with E-state index >= 15 is 0 Å². The van der Waals surface area contributed by atoms with E-state index in [4.69, 9.17) is 0 Å². The van der Waals surface area contributed by atoms with Crippen LogP contribution in [0.3, 0.4) is 0 Å². The summed E-state index contributed by atoms with van der Waals surface area (Å²) < 4.78 is 1.60. The number of hydrogen-bond donors (Lipinski definition) is 2. The van der Waals surface area contributed by atoms with Crippen molar-refractivity contribution in [1.82, 2.24) is 25.0 Å². The van der Waals surface area contributed by atoms with Crippen molar-refractivity contribution in [2.75, 3.05) is 23.3 Å². The number of aromatic amines is 1. The van der Waals surface area contributed by atoms with Gasteiger partial charge in [-0.2, -0.15) is 10.1 Å². The van der Waals surface area contributed by atoms with E-state index < -0.39 is 4.92 Å². The fourth-order valence-electron chi connectivity index (χ4n) is 3.76. The predicted octanol–water partition coefficient (Wildman–Crippen LogP) is 2.82. The summed E-state index contributed by atoms with van der Waals surface area (Å²) in [4.78, 5) is 29.8. The lowest BCUT2D eigenvalue weighted by Gasteiger charge is -2.24. The molecular weight excluding hydrogens is 400 g/mol. The zero-order valence-corrected chi connectivity index (χ0v) is 17.5. The number of rotatable bonds is 6. The Labute approximate surface area is 178 Å². The molecule has 0 unspecified atom stereocenters. The lowest BCUT2D eigenvalue weighted by molar-refractivity contribution is -0.386. The standard InChI is InChI=1S/C20H24N8O3/c1-13-17(28(30)31)14(2)27(25-13)12-15-6-8-16(9-7-15)18(29)21-19-22-20(24-23-19)26-10-4-3-5-11-26/h6-9H,3-5,10-12H2,1-2H3,(H2,21,22,23,24,29). The Morgan fingerprint density at radius 1 is 1.19 bits per heavy atom. The molecule has 11 heteroatoms. The van der Waals surface area contributed by atoms with Crippen molar-refractivity contribution in [1.29, 1.82) is 0 Å². The largest absolute Gasteiger partial charge is 0.340 e. The molecule has 1 aromatic carbocycles. The summed E-state index contributed by atoms with van der Waals surface area (Å²) in [6, 6.07) is 7.01. The zero-order valence-electron chi connectivity index (χ0n) is 17.5. The fraction of sp³-hybridized carbons (Fsp3) is 0.400. The molecule has 0 aliphatic carbocycles. The quantitative estimate of drug-likeness (QED) is 0.459. The number of benzene rings is 1. The van der Waals surface area contributed by atoms with E-state index in [2.05, 4.69) is 30.5 Å². The molecule has 2 aromatic heterocycles. The second-order valence-corrected chi connectivity index (χ2v) is 7.62. The maximum atomic E-state index is 12.5. The van der Waals surface area contributed by atoms with Crippen LogP contribution in [0.15, 0.2) is 24.3 Å². The van der Waals surface area contributed by atoms with Crippen LogP contribution >= 0.6 is 0 Å². The summed E-state index contributed by atoms with van der Waals surface area (Å²) in [5.74, 6) is 0.614. The van der Waals surface area contributed by atoms with Crippen LogP contribution in [0.1, 0.15) is 46.6 Å². The molecule has 1 saturated heterocycles. The molecule has 1 aliphatic heterocycles. The van der Waals surface area contributed by atoms with E-state index in [0.29, 0.717) is 35.4 Å². The van der Waals surface area contributed by atoms with E-state index in [9.17, 15) is 14.9 Å². The highest BCUT2D eigenvalue weighted by atomic mass is 16.6. The van der Waals surface area contributed by atoms with Crippen molar-refractivity contribution in [3.05, 3.63) is 56.9 Å². The monoisotopic (exact) mass is 424 g/mol. The molecule has 3 heterocycles. The first-order chi connectivity index (χ1) is 14.9. The van der Waals surface area contributed by atoms with Crippen molar-refractivity contribution in [2.24, 2.45) is 0 Å². The third-order valence-corrected chi connectivity index (χ3v) is 5.42.